The summed E-state index contributed by atoms with van der Waals surface area (Å²) in [6.07, 6.45) is 0.183. The first-order valence-electron chi connectivity index (χ1n) is 10.7. The van der Waals surface area contributed by atoms with E-state index in [1.165, 1.54) is 12.1 Å². The van der Waals surface area contributed by atoms with E-state index in [1.807, 2.05) is 0 Å². The average molecular weight is 506 g/mol. The van der Waals surface area contributed by atoms with Gasteiger partial charge in [-0.05, 0) is 42.8 Å². The SMILES string of the molecule is Cc1c(Cl)ccc2c1NC(=O)[C@@]21[NH2+][C@@H](CCC(N)=O)[C@H]2C(=O)N(c3ccc(F)c(Cl)c3)C(=O)[C@H]21. The van der Waals surface area contributed by atoms with E-state index in [-0.39, 0.29) is 23.6 Å². The number of halogens is 3. The molecule has 3 heterocycles. The molecular formula is C23H20Cl2FN4O4+. The van der Waals surface area contributed by atoms with Crippen molar-refractivity contribution in [2.75, 3.05) is 10.2 Å². The van der Waals surface area contributed by atoms with Crippen LogP contribution in [0.5, 0.6) is 0 Å². The minimum Gasteiger partial charge on any atom is -0.370 e. The number of fused-ring (bicyclic) bond motifs is 4. The van der Waals surface area contributed by atoms with Gasteiger partial charge in [-0.3, -0.25) is 19.2 Å². The quantitative estimate of drug-likeness (QED) is 0.545. The van der Waals surface area contributed by atoms with Crippen molar-refractivity contribution in [1.82, 2.24) is 0 Å². The standard InChI is InChI=1S/C23H19Cl2FN4O4/c1-9-12(24)4-3-11-19(9)28-22(34)23(11)18-17(15(29-23)6-7-16(27)31)20(32)30(21(18)33)10-2-5-14(26)13(25)8-10/h2-5,8,15,17-18,29H,6-7H2,1H3,(H2,27,31)(H,28,34)/p+1/t15-,17+,18-,23+/m0/s1. The Labute approximate surface area is 203 Å². The number of nitrogens with two attached hydrogens (primary N) is 2. The van der Waals surface area contributed by atoms with E-state index in [0.29, 0.717) is 21.8 Å². The minimum atomic E-state index is -1.43. The molecule has 2 saturated heterocycles. The zero-order valence-corrected chi connectivity index (χ0v) is 19.4. The van der Waals surface area contributed by atoms with Gasteiger partial charge in [0.15, 0.2) is 0 Å². The van der Waals surface area contributed by atoms with Gasteiger partial charge in [0.1, 0.15) is 23.7 Å². The number of carbonyl (C=O) groups is 4. The summed E-state index contributed by atoms with van der Waals surface area (Å²) in [5, 5.41) is 4.77. The van der Waals surface area contributed by atoms with Crippen molar-refractivity contribution in [2.45, 2.75) is 31.3 Å². The highest BCUT2D eigenvalue weighted by Crippen LogP contribution is 2.51. The van der Waals surface area contributed by atoms with Gasteiger partial charge in [-0.25, -0.2) is 9.29 Å². The van der Waals surface area contributed by atoms with E-state index < -0.39 is 52.9 Å². The second-order valence-corrected chi connectivity index (χ2v) is 9.68. The average Bonchev–Trinajstić information content (AvgIpc) is 3.36. The lowest BCUT2D eigenvalue weighted by Crippen LogP contribution is -2.99. The van der Waals surface area contributed by atoms with Crippen LogP contribution < -0.4 is 21.3 Å². The fraction of sp³-hybridized carbons (Fsp3) is 0.304. The van der Waals surface area contributed by atoms with Crippen LogP contribution in [0.25, 0.3) is 0 Å². The minimum absolute atomic E-state index is 0.0154. The Bertz CT molecular complexity index is 1300. The maximum absolute atomic E-state index is 13.8. The molecule has 2 aromatic rings. The number of amides is 4. The first-order chi connectivity index (χ1) is 16.1. The summed E-state index contributed by atoms with van der Waals surface area (Å²) < 4.78 is 13.7. The molecule has 0 aliphatic carbocycles. The van der Waals surface area contributed by atoms with Gasteiger partial charge in [0, 0.05) is 23.4 Å². The second-order valence-electron chi connectivity index (χ2n) is 8.87. The van der Waals surface area contributed by atoms with Crippen molar-refractivity contribution in [3.63, 3.8) is 0 Å². The number of benzene rings is 2. The highest BCUT2D eigenvalue weighted by atomic mass is 35.5. The summed E-state index contributed by atoms with van der Waals surface area (Å²) in [5.74, 6) is -4.76. The van der Waals surface area contributed by atoms with Crippen LogP contribution in [0.4, 0.5) is 15.8 Å². The third kappa shape index (κ3) is 3.00. The van der Waals surface area contributed by atoms with Gasteiger partial charge in [-0.2, -0.15) is 0 Å². The number of rotatable bonds is 4. The number of imide groups is 1. The van der Waals surface area contributed by atoms with E-state index in [0.717, 1.165) is 11.0 Å². The lowest BCUT2D eigenvalue weighted by molar-refractivity contribution is -0.733. The highest BCUT2D eigenvalue weighted by molar-refractivity contribution is 6.33. The van der Waals surface area contributed by atoms with Crippen LogP contribution >= 0.6 is 23.2 Å². The van der Waals surface area contributed by atoms with Crippen molar-refractivity contribution in [1.29, 1.82) is 0 Å². The molecule has 8 nitrogen and oxygen atoms in total. The smallest absolute Gasteiger partial charge is 0.291 e. The summed E-state index contributed by atoms with van der Waals surface area (Å²) >= 11 is 12.2. The Balaban J connectivity index is 1.67. The lowest BCUT2D eigenvalue weighted by Gasteiger charge is -2.26. The molecule has 34 heavy (non-hydrogen) atoms. The van der Waals surface area contributed by atoms with Crippen LogP contribution in [0.1, 0.15) is 24.0 Å². The van der Waals surface area contributed by atoms with Crippen LogP contribution in [0.15, 0.2) is 30.3 Å². The third-order valence-corrected chi connectivity index (χ3v) is 7.82. The molecule has 0 bridgehead atoms. The van der Waals surface area contributed by atoms with Crippen LogP contribution in [0.3, 0.4) is 0 Å². The van der Waals surface area contributed by atoms with Crippen molar-refractivity contribution in [3.05, 3.63) is 57.3 Å². The van der Waals surface area contributed by atoms with E-state index in [9.17, 15) is 23.6 Å². The van der Waals surface area contributed by atoms with E-state index in [4.69, 9.17) is 28.9 Å². The van der Waals surface area contributed by atoms with Crippen molar-refractivity contribution >= 4 is 58.2 Å². The maximum Gasteiger partial charge on any atom is 0.291 e. The van der Waals surface area contributed by atoms with Crippen molar-refractivity contribution in [3.8, 4) is 0 Å². The number of hydrogen-bond donors (Lipinski definition) is 3. The van der Waals surface area contributed by atoms with Gasteiger partial charge in [-0.15, -0.1) is 0 Å². The molecule has 2 aromatic carbocycles. The Morgan fingerprint density at radius 3 is 2.59 bits per heavy atom. The number of carbonyl (C=O) groups excluding carboxylic acids is 4. The number of anilines is 2. The second kappa shape index (κ2) is 7.76. The Kier molecular flexibility index (Phi) is 5.20. The van der Waals surface area contributed by atoms with Crippen LogP contribution in [-0.4, -0.2) is 29.7 Å². The summed E-state index contributed by atoms with van der Waals surface area (Å²) in [5.41, 5.74) is 5.74. The van der Waals surface area contributed by atoms with Gasteiger partial charge < -0.3 is 16.4 Å². The molecule has 0 saturated carbocycles. The molecule has 0 aromatic heterocycles. The molecule has 3 aliphatic heterocycles. The third-order valence-electron chi connectivity index (χ3n) is 7.12. The Morgan fingerprint density at radius 1 is 1.18 bits per heavy atom. The highest BCUT2D eigenvalue weighted by Gasteiger charge is 2.74. The lowest BCUT2D eigenvalue weighted by atomic mass is 9.76. The number of nitrogens with zero attached hydrogens (tertiary/aromatic N) is 1. The first kappa shape index (κ1) is 22.8. The van der Waals surface area contributed by atoms with E-state index in [2.05, 4.69) is 5.32 Å². The number of quaternary nitrogens is 1. The Morgan fingerprint density at radius 2 is 1.91 bits per heavy atom. The maximum atomic E-state index is 13.8. The predicted molar refractivity (Wildman–Crippen MR) is 122 cm³/mol. The number of nitrogens with one attached hydrogen (secondary N) is 1. The largest absolute Gasteiger partial charge is 0.370 e. The first-order valence-corrected chi connectivity index (χ1v) is 11.4. The van der Waals surface area contributed by atoms with Crippen molar-refractivity contribution in [2.24, 2.45) is 17.6 Å². The Hall–Kier alpha value is -3.01. The van der Waals surface area contributed by atoms with Crippen LogP contribution in [0, 0.1) is 24.6 Å². The van der Waals surface area contributed by atoms with Gasteiger partial charge in [0.05, 0.1) is 16.4 Å². The molecule has 0 unspecified atom stereocenters. The zero-order valence-electron chi connectivity index (χ0n) is 17.9. The van der Waals surface area contributed by atoms with E-state index >= 15 is 0 Å². The summed E-state index contributed by atoms with van der Waals surface area (Å²) in [6.45, 7) is 1.76. The summed E-state index contributed by atoms with van der Waals surface area (Å²) in [6, 6.07) is 6.33. The molecule has 2 fully saturated rings. The summed E-state index contributed by atoms with van der Waals surface area (Å²) in [7, 11) is 0. The molecule has 176 valence electrons. The zero-order chi connectivity index (χ0) is 24.5. The van der Waals surface area contributed by atoms with Crippen molar-refractivity contribution < 1.29 is 28.9 Å². The molecule has 1 spiro atoms. The molecule has 3 aliphatic rings. The predicted octanol–water partition coefficient (Wildman–Crippen LogP) is 1.61. The summed E-state index contributed by atoms with van der Waals surface area (Å²) in [4.78, 5) is 53.4. The van der Waals surface area contributed by atoms with Gasteiger partial charge in [0.25, 0.3) is 5.91 Å². The molecule has 11 heteroatoms. The fourth-order valence-electron chi connectivity index (χ4n) is 5.60. The normalized spacial score (nSPS) is 27.4. The molecular weight excluding hydrogens is 486 g/mol. The van der Waals surface area contributed by atoms with Crippen LogP contribution in [-0.2, 0) is 24.7 Å². The number of hydrogen-bond acceptors (Lipinski definition) is 4. The molecule has 4 atom stereocenters. The monoisotopic (exact) mass is 505 g/mol. The molecule has 5 N–H and O–H groups in total. The van der Waals surface area contributed by atoms with Gasteiger partial charge in [-0.1, -0.05) is 23.2 Å². The van der Waals surface area contributed by atoms with Gasteiger partial charge in [0.2, 0.25) is 23.3 Å². The van der Waals surface area contributed by atoms with Crippen LogP contribution in [0.2, 0.25) is 10.0 Å². The van der Waals surface area contributed by atoms with E-state index in [1.54, 1.807) is 24.4 Å². The molecule has 4 amide bonds. The fourth-order valence-corrected chi connectivity index (χ4v) is 5.93. The topological polar surface area (TPSA) is 126 Å². The van der Waals surface area contributed by atoms with Gasteiger partial charge >= 0.3 is 0 Å². The molecule has 5 rings (SSSR count). The number of primary amides is 1. The molecule has 0 radical (unpaired) electrons.